The number of hydrogen-bond donors (Lipinski definition) is 3. The second kappa shape index (κ2) is 4.66. The minimum Gasteiger partial charge on any atom is -0.461 e. The standard InChI is InChI=1S/C7H8N2O4S/c10-5-4(3-8-7(12)9-5)6(11)13-1-2-14/h3,14H,1-2H2,(H2,8,9,10,12). The van der Waals surface area contributed by atoms with E-state index < -0.39 is 17.2 Å². The van der Waals surface area contributed by atoms with E-state index in [1.54, 1.807) is 0 Å². The van der Waals surface area contributed by atoms with Gasteiger partial charge in [-0.15, -0.1) is 0 Å². The van der Waals surface area contributed by atoms with Gasteiger partial charge in [0.15, 0.2) is 0 Å². The number of esters is 1. The maximum atomic E-state index is 11.1. The summed E-state index contributed by atoms with van der Waals surface area (Å²) in [5.74, 6) is -0.413. The minimum absolute atomic E-state index is 0.112. The maximum Gasteiger partial charge on any atom is 0.345 e. The average molecular weight is 216 g/mol. The van der Waals surface area contributed by atoms with Crippen LogP contribution >= 0.6 is 12.6 Å². The van der Waals surface area contributed by atoms with Crippen LogP contribution in [0.3, 0.4) is 0 Å². The van der Waals surface area contributed by atoms with Gasteiger partial charge in [-0.05, 0) is 0 Å². The molecule has 0 saturated heterocycles. The first-order valence-electron chi connectivity index (χ1n) is 3.75. The van der Waals surface area contributed by atoms with Crippen molar-refractivity contribution in [3.63, 3.8) is 0 Å². The number of rotatable bonds is 3. The number of aromatic nitrogens is 2. The van der Waals surface area contributed by atoms with Gasteiger partial charge in [0.2, 0.25) is 0 Å². The molecular weight excluding hydrogens is 208 g/mol. The Labute approximate surface area is 83.7 Å². The van der Waals surface area contributed by atoms with Crippen LogP contribution in [0.4, 0.5) is 0 Å². The van der Waals surface area contributed by atoms with Gasteiger partial charge in [-0.2, -0.15) is 12.6 Å². The normalized spacial score (nSPS) is 9.79. The summed E-state index contributed by atoms with van der Waals surface area (Å²) in [5.41, 5.74) is -1.66. The Morgan fingerprint density at radius 3 is 2.79 bits per heavy atom. The van der Waals surface area contributed by atoms with E-state index >= 15 is 0 Å². The molecule has 0 spiro atoms. The van der Waals surface area contributed by atoms with Crippen LogP contribution in [-0.2, 0) is 4.74 Å². The average Bonchev–Trinajstić information content (AvgIpc) is 2.14. The molecule has 1 aromatic rings. The lowest BCUT2D eigenvalue weighted by Crippen LogP contribution is -2.28. The third-order valence-electron chi connectivity index (χ3n) is 1.36. The van der Waals surface area contributed by atoms with Crippen molar-refractivity contribution in [3.8, 4) is 0 Å². The number of nitrogens with one attached hydrogen (secondary N) is 2. The van der Waals surface area contributed by atoms with Crippen molar-refractivity contribution in [2.45, 2.75) is 0 Å². The number of hydrogen-bond acceptors (Lipinski definition) is 5. The zero-order chi connectivity index (χ0) is 10.6. The van der Waals surface area contributed by atoms with Crippen molar-refractivity contribution in [2.75, 3.05) is 12.4 Å². The number of aromatic amines is 2. The van der Waals surface area contributed by atoms with E-state index in [1.165, 1.54) is 0 Å². The molecule has 0 unspecified atom stereocenters. The summed E-state index contributed by atoms with van der Waals surface area (Å²) in [6.45, 7) is 0.112. The van der Waals surface area contributed by atoms with E-state index in [0.29, 0.717) is 5.75 Å². The Bertz CT molecular complexity index is 436. The summed E-state index contributed by atoms with van der Waals surface area (Å²) in [6.07, 6.45) is 1.02. The molecule has 1 aromatic heterocycles. The molecule has 0 aliphatic heterocycles. The van der Waals surface area contributed by atoms with Gasteiger partial charge in [0.25, 0.3) is 5.56 Å². The molecule has 0 aliphatic carbocycles. The van der Waals surface area contributed by atoms with Gasteiger partial charge < -0.3 is 9.72 Å². The molecule has 0 aromatic carbocycles. The Hall–Kier alpha value is -1.50. The summed E-state index contributed by atoms with van der Waals surface area (Å²) >= 11 is 3.83. The minimum atomic E-state index is -0.781. The smallest absolute Gasteiger partial charge is 0.345 e. The Kier molecular flexibility index (Phi) is 3.52. The molecular formula is C7H8N2O4S. The van der Waals surface area contributed by atoms with Crippen molar-refractivity contribution in [2.24, 2.45) is 0 Å². The lowest BCUT2D eigenvalue weighted by molar-refractivity contribution is 0.0528. The van der Waals surface area contributed by atoms with Gasteiger partial charge in [-0.25, -0.2) is 9.59 Å². The van der Waals surface area contributed by atoms with Crippen molar-refractivity contribution >= 4 is 18.6 Å². The van der Waals surface area contributed by atoms with Crippen LogP contribution < -0.4 is 11.2 Å². The number of carbonyl (C=O) groups excluding carboxylic acids is 1. The highest BCUT2D eigenvalue weighted by atomic mass is 32.1. The van der Waals surface area contributed by atoms with Gasteiger partial charge in [0.05, 0.1) is 0 Å². The maximum absolute atomic E-state index is 11.1. The highest BCUT2D eigenvalue weighted by Crippen LogP contribution is 1.90. The third-order valence-corrected chi connectivity index (χ3v) is 1.55. The fourth-order valence-electron chi connectivity index (χ4n) is 0.778. The molecule has 0 saturated carbocycles. The summed E-state index contributed by atoms with van der Waals surface area (Å²) < 4.78 is 4.64. The monoisotopic (exact) mass is 216 g/mol. The second-order valence-corrected chi connectivity index (χ2v) is 2.79. The number of ether oxygens (including phenoxy) is 1. The second-order valence-electron chi connectivity index (χ2n) is 2.35. The zero-order valence-corrected chi connectivity index (χ0v) is 7.97. The van der Waals surface area contributed by atoms with Crippen LogP contribution in [0.25, 0.3) is 0 Å². The Balaban J connectivity index is 2.91. The van der Waals surface area contributed by atoms with Crippen LogP contribution in [0.1, 0.15) is 10.4 Å². The Morgan fingerprint density at radius 1 is 1.50 bits per heavy atom. The van der Waals surface area contributed by atoms with Crippen molar-refractivity contribution in [1.82, 2.24) is 9.97 Å². The summed E-state index contributed by atoms with van der Waals surface area (Å²) in [5, 5.41) is 0. The molecule has 1 rings (SSSR count). The van der Waals surface area contributed by atoms with Crippen molar-refractivity contribution < 1.29 is 9.53 Å². The van der Waals surface area contributed by atoms with Crippen molar-refractivity contribution in [3.05, 3.63) is 32.6 Å². The molecule has 0 bridgehead atoms. The van der Waals surface area contributed by atoms with E-state index in [2.05, 4.69) is 22.3 Å². The van der Waals surface area contributed by atoms with Crippen LogP contribution in [0.15, 0.2) is 15.8 Å². The SMILES string of the molecule is O=C(OCCS)c1c[nH]c(=O)[nH]c1=O. The first kappa shape index (κ1) is 10.6. The Morgan fingerprint density at radius 2 is 2.21 bits per heavy atom. The van der Waals surface area contributed by atoms with Crippen LogP contribution in [0.5, 0.6) is 0 Å². The molecule has 14 heavy (non-hydrogen) atoms. The highest BCUT2D eigenvalue weighted by molar-refractivity contribution is 7.80. The van der Waals surface area contributed by atoms with Gasteiger partial charge in [-0.3, -0.25) is 9.78 Å². The molecule has 76 valence electrons. The van der Waals surface area contributed by atoms with Gasteiger partial charge in [0, 0.05) is 11.9 Å². The zero-order valence-electron chi connectivity index (χ0n) is 7.07. The van der Waals surface area contributed by atoms with Gasteiger partial charge in [0.1, 0.15) is 12.2 Å². The lowest BCUT2D eigenvalue weighted by Gasteiger charge is -2.00. The van der Waals surface area contributed by atoms with Crippen molar-refractivity contribution in [1.29, 1.82) is 0 Å². The molecule has 0 aliphatic rings. The number of H-pyrrole nitrogens is 2. The van der Waals surface area contributed by atoms with Crippen LogP contribution in [0.2, 0.25) is 0 Å². The topological polar surface area (TPSA) is 92.0 Å². The largest absolute Gasteiger partial charge is 0.461 e. The van der Waals surface area contributed by atoms with E-state index in [1.807, 2.05) is 4.98 Å². The number of thiol groups is 1. The summed E-state index contributed by atoms with van der Waals surface area (Å²) in [4.78, 5) is 36.9. The fraction of sp³-hybridized carbons (Fsp3) is 0.286. The quantitative estimate of drug-likeness (QED) is 0.453. The molecule has 0 fully saturated rings. The van der Waals surface area contributed by atoms with Gasteiger partial charge in [-0.1, -0.05) is 0 Å². The predicted molar refractivity (Wildman–Crippen MR) is 51.8 cm³/mol. The van der Waals surface area contributed by atoms with E-state index in [4.69, 9.17) is 0 Å². The predicted octanol–water partition coefficient (Wildman–Crippen LogP) is -0.850. The molecule has 0 radical (unpaired) electrons. The molecule has 2 N–H and O–H groups in total. The molecule has 0 amide bonds. The van der Waals surface area contributed by atoms with Crippen LogP contribution in [-0.4, -0.2) is 28.3 Å². The van der Waals surface area contributed by atoms with E-state index in [0.717, 1.165) is 6.20 Å². The highest BCUT2D eigenvalue weighted by Gasteiger charge is 2.11. The molecule has 1 heterocycles. The van der Waals surface area contributed by atoms with Gasteiger partial charge >= 0.3 is 11.7 Å². The van der Waals surface area contributed by atoms with E-state index in [-0.39, 0.29) is 12.2 Å². The first-order valence-corrected chi connectivity index (χ1v) is 4.38. The van der Waals surface area contributed by atoms with E-state index in [9.17, 15) is 14.4 Å². The lowest BCUT2D eigenvalue weighted by atomic mass is 10.3. The summed E-state index contributed by atoms with van der Waals surface area (Å²) in [7, 11) is 0. The molecule has 0 atom stereocenters. The van der Waals surface area contributed by atoms with Crippen LogP contribution in [0, 0.1) is 0 Å². The third kappa shape index (κ3) is 2.49. The molecule has 6 nitrogen and oxygen atoms in total. The number of carbonyl (C=O) groups is 1. The summed E-state index contributed by atoms with van der Waals surface area (Å²) in [6, 6.07) is 0. The fourth-order valence-corrected chi connectivity index (χ4v) is 0.869. The first-order chi connectivity index (χ1) is 6.65. The molecule has 7 heteroatoms.